The molecule has 5 heteroatoms. The zero-order valence-electron chi connectivity index (χ0n) is 11.9. The maximum atomic E-state index is 11.6. The number of likely N-dealkylation sites (tertiary alicyclic amines) is 1. The van der Waals surface area contributed by atoms with Gasteiger partial charge in [-0.25, -0.2) is 0 Å². The Labute approximate surface area is 129 Å². The van der Waals surface area contributed by atoms with Gasteiger partial charge in [-0.05, 0) is 30.5 Å². The molecule has 0 saturated carbocycles. The smallest absolute Gasteiger partial charge is 0.308 e. The Bertz CT molecular complexity index is 511. The van der Waals surface area contributed by atoms with Gasteiger partial charge in [0.25, 0.3) is 0 Å². The fourth-order valence-electron chi connectivity index (χ4n) is 3.66. The van der Waals surface area contributed by atoms with Crippen LogP contribution in [0.15, 0.2) is 24.3 Å². The lowest BCUT2D eigenvalue weighted by atomic mass is 9.72. The van der Waals surface area contributed by atoms with E-state index >= 15 is 0 Å². The number of ether oxygens (including phenoxy) is 1. The van der Waals surface area contributed by atoms with Gasteiger partial charge in [0.1, 0.15) is 0 Å². The zero-order valence-corrected chi connectivity index (χ0v) is 12.7. The van der Waals surface area contributed by atoms with E-state index < -0.39 is 5.97 Å². The number of benzene rings is 1. The Hall–Kier alpha value is -1.10. The highest BCUT2D eigenvalue weighted by atomic mass is 35.5. The van der Waals surface area contributed by atoms with Crippen LogP contribution in [0.2, 0.25) is 5.02 Å². The molecule has 2 saturated heterocycles. The van der Waals surface area contributed by atoms with E-state index in [1.54, 1.807) is 0 Å². The third-order valence-corrected chi connectivity index (χ3v) is 5.08. The number of carboxylic acids is 1. The van der Waals surface area contributed by atoms with Crippen molar-refractivity contribution in [1.82, 2.24) is 4.90 Å². The second-order valence-corrected chi connectivity index (χ2v) is 6.60. The van der Waals surface area contributed by atoms with Crippen LogP contribution in [0, 0.1) is 11.3 Å². The number of nitrogens with zero attached hydrogens (tertiary/aromatic N) is 1. The molecule has 1 atom stereocenters. The largest absolute Gasteiger partial charge is 0.481 e. The topological polar surface area (TPSA) is 49.8 Å². The molecule has 1 aromatic rings. The second-order valence-electron chi connectivity index (χ2n) is 6.16. The van der Waals surface area contributed by atoms with Crippen molar-refractivity contribution in [3.05, 3.63) is 34.9 Å². The maximum Gasteiger partial charge on any atom is 0.308 e. The van der Waals surface area contributed by atoms with E-state index in [-0.39, 0.29) is 11.3 Å². The summed E-state index contributed by atoms with van der Waals surface area (Å²) in [4.78, 5) is 13.9. The van der Waals surface area contributed by atoms with Crippen LogP contribution in [-0.2, 0) is 16.1 Å². The van der Waals surface area contributed by atoms with Crippen LogP contribution in [0.1, 0.15) is 18.4 Å². The van der Waals surface area contributed by atoms with Crippen LogP contribution in [0.3, 0.4) is 0 Å². The first-order chi connectivity index (χ1) is 10.1. The van der Waals surface area contributed by atoms with Crippen molar-refractivity contribution in [1.29, 1.82) is 0 Å². The van der Waals surface area contributed by atoms with Crippen molar-refractivity contribution < 1.29 is 14.6 Å². The molecule has 21 heavy (non-hydrogen) atoms. The van der Waals surface area contributed by atoms with Crippen LogP contribution < -0.4 is 0 Å². The third kappa shape index (κ3) is 3.07. The molecule has 1 spiro atoms. The van der Waals surface area contributed by atoms with Crippen LogP contribution in [0.4, 0.5) is 0 Å². The second kappa shape index (κ2) is 5.95. The van der Waals surface area contributed by atoms with Crippen molar-refractivity contribution in [2.45, 2.75) is 19.4 Å². The molecular formula is C16H20ClNO3. The van der Waals surface area contributed by atoms with Gasteiger partial charge in [-0.1, -0.05) is 23.7 Å². The van der Waals surface area contributed by atoms with Gasteiger partial charge < -0.3 is 9.84 Å². The van der Waals surface area contributed by atoms with E-state index in [1.165, 1.54) is 5.56 Å². The highest BCUT2D eigenvalue weighted by Gasteiger charge is 2.50. The number of rotatable bonds is 3. The Morgan fingerprint density at radius 3 is 2.62 bits per heavy atom. The monoisotopic (exact) mass is 309 g/mol. The molecule has 2 aliphatic rings. The van der Waals surface area contributed by atoms with E-state index in [1.807, 2.05) is 24.3 Å². The van der Waals surface area contributed by atoms with Gasteiger partial charge in [0.2, 0.25) is 0 Å². The predicted octanol–water partition coefficient (Wildman–Crippen LogP) is 2.65. The molecule has 2 heterocycles. The third-order valence-electron chi connectivity index (χ3n) is 4.82. The van der Waals surface area contributed by atoms with E-state index in [0.29, 0.717) is 19.8 Å². The SMILES string of the molecule is O=C(O)[C@H]1CN(Cc2ccc(Cl)cc2)CC12CCOCC2. The van der Waals surface area contributed by atoms with E-state index in [4.69, 9.17) is 16.3 Å². The molecule has 1 aromatic carbocycles. The molecule has 2 fully saturated rings. The van der Waals surface area contributed by atoms with Crippen LogP contribution in [0.5, 0.6) is 0 Å². The van der Waals surface area contributed by atoms with Crippen molar-refractivity contribution in [3.63, 3.8) is 0 Å². The number of halogens is 1. The number of hydrogen-bond acceptors (Lipinski definition) is 3. The molecule has 0 radical (unpaired) electrons. The van der Waals surface area contributed by atoms with Gasteiger partial charge in [-0.2, -0.15) is 0 Å². The molecule has 114 valence electrons. The minimum atomic E-state index is -0.671. The van der Waals surface area contributed by atoms with E-state index in [2.05, 4.69) is 4.90 Å². The Kier molecular flexibility index (Phi) is 4.20. The number of aliphatic carboxylic acids is 1. The molecule has 1 N–H and O–H groups in total. The predicted molar refractivity (Wildman–Crippen MR) is 80.3 cm³/mol. The molecule has 3 rings (SSSR count). The first kappa shape index (κ1) is 14.8. The fraction of sp³-hybridized carbons (Fsp3) is 0.562. The molecule has 0 unspecified atom stereocenters. The van der Waals surface area contributed by atoms with Crippen LogP contribution in [0.25, 0.3) is 0 Å². The summed E-state index contributed by atoms with van der Waals surface area (Å²) in [6, 6.07) is 7.78. The number of carbonyl (C=O) groups is 1. The minimum absolute atomic E-state index is 0.115. The Morgan fingerprint density at radius 1 is 1.33 bits per heavy atom. The average Bonchev–Trinajstić information content (AvgIpc) is 2.80. The maximum absolute atomic E-state index is 11.6. The van der Waals surface area contributed by atoms with Gasteiger partial charge in [-0.3, -0.25) is 9.69 Å². The summed E-state index contributed by atoms with van der Waals surface area (Å²) in [7, 11) is 0. The molecule has 0 aromatic heterocycles. The lowest BCUT2D eigenvalue weighted by molar-refractivity contribution is -0.146. The number of carboxylic acid groups (broad SMARTS) is 1. The van der Waals surface area contributed by atoms with Gasteiger partial charge in [0, 0.05) is 43.3 Å². The van der Waals surface area contributed by atoms with Gasteiger partial charge in [0.15, 0.2) is 0 Å². The average molecular weight is 310 g/mol. The lowest BCUT2D eigenvalue weighted by Crippen LogP contribution is -2.40. The highest BCUT2D eigenvalue weighted by molar-refractivity contribution is 6.30. The molecular weight excluding hydrogens is 290 g/mol. The summed E-state index contributed by atoms with van der Waals surface area (Å²) in [6.07, 6.45) is 1.70. The van der Waals surface area contributed by atoms with Gasteiger partial charge in [0.05, 0.1) is 5.92 Å². The first-order valence-electron chi connectivity index (χ1n) is 7.36. The normalized spacial score (nSPS) is 25.3. The molecule has 0 bridgehead atoms. The summed E-state index contributed by atoms with van der Waals surface area (Å²) in [5, 5.41) is 10.3. The molecule has 0 aliphatic carbocycles. The zero-order chi connectivity index (χ0) is 14.9. The summed E-state index contributed by atoms with van der Waals surface area (Å²) in [5.74, 6) is -0.954. The molecule has 0 amide bonds. The van der Waals surface area contributed by atoms with Crippen molar-refractivity contribution >= 4 is 17.6 Å². The van der Waals surface area contributed by atoms with Gasteiger partial charge in [-0.15, -0.1) is 0 Å². The van der Waals surface area contributed by atoms with Crippen molar-refractivity contribution in [2.75, 3.05) is 26.3 Å². The molecule has 4 nitrogen and oxygen atoms in total. The van der Waals surface area contributed by atoms with Crippen LogP contribution in [-0.4, -0.2) is 42.3 Å². The summed E-state index contributed by atoms with van der Waals surface area (Å²) < 4.78 is 5.42. The minimum Gasteiger partial charge on any atom is -0.481 e. The highest BCUT2D eigenvalue weighted by Crippen LogP contribution is 2.44. The fourth-order valence-corrected chi connectivity index (χ4v) is 3.79. The van der Waals surface area contributed by atoms with Gasteiger partial charge >= 0.3 is 5.97 Å². The van der Waals surface area contributed by atoms with Crippen molar-refractivity contribution in [3.8, 4) is 0 Å². The van der Waals surface area contributed by atoms with E-state index in [0.717, 1.165) is 31.0 Å². The number of hydrogen-bond donors (Lipinski definition) is 1. The summed E-state index contributed by atoms with van der Waals surface area (Å²) >= 11 is 5.90. The lowest BCUT2D eigenvalue weighted by Gasteiger charge is -2.36. The summed E-state index contributed by atoms with van der Waals surface area (Å²) in [6.45, 7) is 3.61. The Morgan fingerprint density at radius 2 is 2.00 bits per heavy atom. The van der Waals surface area contributed by atoms with E-state index in [9.17, 15) is 9.90 Å². The standard InChI is InChI=1S/C16H20ClNO3/c17-13-3-1-12(2-4-13)9-18-10-14(15(19)20)16(11-18)5-7-21-8-6-16/h1-4,14H,5-11H2,(H,19,20)/t14-/m1/s1. The quantitative estimate of drug-likeness (QED) is 0.932. The van der Waals surface area contributed by atoms with Crippen LogP contribution >= 0.6 is 11.6 Å². The van der Waals surface area contributed by atoms with Crippen molar-refractivity contribution in [2.24, 2.45) is 11.3 Å². The first-order valence-corrected chi connectivity index (χ1v) is 7.74. The molecule has 2 aliphatic heterocycles. The Balaban J connectivity index is 1.73. The summed E-state index contributed by atoms with van der Waals surface area (Å²) in [5.41, 5.74) is 1.06.